The Hall–Kier alpha value is -0.610. The number of hydrogen-bond acceptors (Lipinski definition) is 3. The van der Waals surface area contributed by atoms with Crippen LogP contribution in [0.15, 0.2) is 0 Å². The zero-order valence-electron chi connectivity index (χ0n) is 11.1. The summed E-state index contributed by atoms with van der Waals surface area (Å²) >= 11 is 0. The number of hydrogen-bond donors (Lipinski definition) is 2. The van der Waals surface area contributed by atoms with Gasteiger partial charge in [-0.15, -0.1) is 0 Å². The molecule has 0 aromatic rings. The van der Waals surface area contributed by atoms with Crippen molar-refractivity contribution in [3.8, 4) is 0 Å². The smallest absolute Gasteiger partial charge is 0.323 e. The first-order valence-electron chi connectivity index (χ1n) is 6.62. The number of carboxylic acids is 1. The molecule has 1 saturated carbocycles. The normalized spacial score (nSPS) is 31.1. The maximum absolute atomic E-state index is 10.9. The Labute approximate surface area is 104 Å². The summed E-state index contributed by atoms with van der Waals surface area (Å²) in [6.07, 6.45) is 3.54. The molecular formula is C13H25NO3. The van der Waals surface area contributed by atoms with Crippen LogP contribution in [0.5, 0.6) is 0 Å². The minimum atomic E-state index is -0.830. The molecule has 17 heavy (non-hydrogen) atoms. The summed E-state index contributed by atoms with van der Waals surface area (Å²) in [4.78, 5) is 10.9. The van der Waals surface area contributed by atoms with Crippen molar-refractivity contribution in [1.29, 1.82) is 0 Å². The van der Waals surface area contributed by atoms with Gasteiger partial charge in [-0.3, -0.25) is 4.79 Å². The van der Waals surface area contributed by atoms with Crippen LogP contribution in [0.3, 0.4) is 0 Å². The standard InChI is InChI=1S/C13H25NO3/c1-4-14-12(13(15)16)8-17-11-6-5-9(2)10(3)7-11/h9-12,14H,4-8H2,1-3H3,(H,15,16). The molecule has 100 valence electrons. The Morgan fingerprint density at radius 3 is 2.65 bits per heavy atom. The van der Waals surface area contributed by atoms with Crippen molar-refractivity contribution in [3.63, 3.8) is 0 Å². The summed E-state index contributed by atoms with van der Waals surface area (Å²) in [5.74, 6) is 0.610. The van der Waals surface area contributed by atoms with E-state index in [9.17, 15) is 4.79 Å². The molecule has 4 heteroatoms. The van der Waals surface area contributed by atoms with Gasteiger partial charge in [0.15, 0.2) is 0 Å². The van der Waals surface area contributed by atoms with Crippen molar-refractivity contribution in [3.05, 3.63) is 0 Å². The third kappa shape index (κ3) is 4.64. The average molecular weight is 243 g/mol. The van der Waals surface area contributed by atoms with Gasteiger partial charge in [0, 0.05) is 0 Å². The molecular weight excluding hydrogens is 218 g/mol. The van der Waals surface area contributed by atoms with Gasteiger partial charge < -0.3 is 15.2 Å². The van der Waals surface area contributed by atoms with Crippen molar-refractivity contribution in [1.82, 2.24) is 5.32 Å². The van der Waals surface area contributed by atoms with Gasteiger partial charge in [-0.05, 0) is 37.6 Å². The quantitative estimate of drug-likeness (QED) is 0.748. The number of nitrogens with one attached hydrogen (secondary N) is 1. The van der Waals surface area contributed by atoms with Crippen LogP contribution in [0.4, 0.5) is 0 Å². The van der Waals surface area contributed by atoms with Crippen molar-refractivity contribution >= 4 is 5.97 Å². The fourth-order valence-corrected chi connectivity index (χ4v) is 2.35. The van der Waals surface area contributed by atoms with Crippen molar-refractivity contribution < 1.29 is 14.6 Å². The van der Waals surface area contributed by atoms with Crippen LogP contribution in [0.25, 0.3) is 0 Å². The monoisotopic (exact) mass is 243 g/mol. The minimum absolute atomic E-state index is 0.238. The van der Waals surface area contributed by atoms with E-state index >= 15 is 0 Å². The Bertz CT molecular complexity index is 245. The Morgan fingerprint density at radius 2 is 2.12 bits per heavy atom. The summed E-state index contributed by atoms with van der Waals surface area (Å²) in [5, 5.41) is 11.9. The molecule has 1 rings (SSSR count). The summed E-state index contributed by atoms with van der Waals surface area (Å²) < 4.78 is 5.73. The Morgan fingerprint density at radius 1 is 1.41 bits per heavy atom. The first-order chi connectivity index (χ1) is 8.04. The van der Waals surface area contributed by atoms with Gasteiger partial charge in [-0.2, -0.15) is 0 Å². The largest absolute Gasteiger partial charge is 0.480 e. The van der Waals surface area contributed by atoms with Gasteiger partial charge in [0.25, 0.3) is 0 Å². The van der Waals surface area contributed by atoms with Gasteiger partial charge in [0.1, 0.15) is 6.04 Å². The van der Waals surface area contributed by atoms with Crippen LogP contribution in [-0.2, 0) is 9.53 Å². The highest BCUT2D eigenvalue weighted by Gasteiger charge is 2.26. The molecule has 0 bridgehead atoms. The van der Waals surface area contributed by atoms with Crippen LogP contribution in [0.2, 0.25) is 0 Å². The predicted octanol–water partition coefficient (Wildman–Crippen LogP) is 1.89. The summed E-state index contributed by atoms with van der Waals surface area (Å²) in [7, 11) is 0. The van der Waals surface area contributed by atoms with Gasteiger partial charge in [0.05, 0.1) is 12.7 Å². The summed E-state index contributed by atoms with van der Waals surface area (Å²) in [6.45, 7) is 7.35. The lowest BCUT2D eigenvalue weighted by Crippen LogP contribution is -2.42. The number of carboxylic acid groups (broad SMARTS) is 1. The zero-order valence-corrected chi connectivity index (χ0v) is 11.1. The SMILES string of the molecule is CCNC(COC1CCC(C)C(C)C1)C(=O)O. The summed E-state index contributed by atoms with van der Waals surface area (Å²) in [6, 6.07) is -0.574. The van der Waals surface area contributed by atoms with Crippen LogP contribution < -0.4 is 5.32 Å². The van der Waals surface area contributed by atoms with E-state index < -0.39 is 12.0 Å². The molecule has 4 nitrogen and oxygen atoms in total. The molecule has 0 aliphatic heterocycles. The number of carbonyl (C=O) groups is 1. The molecule has 1 aliphatic rings. The number of aliphatic carboxylic acids is 1. The lowest BCUT2D eigenvalue weighted by molar-refractivity contribution is -0.142. The molecule has 1 fully saturated rings. The van der Waals surface area contributed by atoms with E-state index in [0.717, 1.165) is 18.8 Å². The maximum atomic E-state index is 10.9. The van der Waals surface area contributed by atoms with Gasteiger partial charge in [-0.1, -0.05) is 20.8 Å². The van der Waals surface area contributed by atoms with E-state index in [0.29, 0.717) is 12.5 Å². The van der Waals surface area contributed by atoms with E-state index in [1.165, 1.54) is 6.42 Å². The second-order valence-corrected chi connectivity index (χ2v) is 5.17. The molecule has 0 spiro atoms. The predicted molar refractivity (Wildman–Crippen MR) is 67.0 cm³/mol. The second kappa shape index (κ2) is 6.97. The maximum Gasteiger partial charge on any atom is 0.323 e. The molecule has 4 unspecified atom stereocenters. The Balaban J connectivity index is 2.31. The fraction of sp³-hybridized carbons (Fsp3) is 0.923. The average Bonchev–Trinajstić information content (AvgIpc) is 2.28. The molecule has 0 radical (unpaired) electrons. The van der Waals surface area contributed by atoms with Crippen molar-refractivity contribution in [2.24, 2.45) is 11.8 Å². The van der Waals surface area contributed by atoms with Gasteiger partial charge >= 0.3 is 5.97 Å². The first-order valence-corrected chi connectivity index (χ1v) is 6.62. The lowest BCUT2D eigenvalue weighted by atomic mass is 9.80. The van der Waals surface area contributed by atoms with Gasteiger partial charge in [-0.25, -0.2) is 0 Å². The van der Waals surface area contributed by atoms with Gasteiger partial charge in [0.2, 0.25) is 0 Å². The Kier molecular flexibility index (Phi) is 5.92. The van der Waals surface area contributed by atoms with E-state index in [1.807, 2.05) is 6.92 Å². The van der Waals surface area contributed by atoms with Crippen molar-refractivity contribution in [2.75, 3.05) is 13.2 Å². The minimum Gasteiger partial charge on any atom is -0.480 e. The van der Waals surface area contributed by atoms with Crippen LogP contribution in [0.1, 0.15) is 40.0 Å². The van der Waals surface area contributed by atoms with E-state index in [4.69, 9.17) is 9.84 Å². The molecule has 1 aliphatic carbocycles. The highest BCUT2D eigenvalue weighted by molar-refractivity contribution is 5.73. The van der Waals surface area contributed by atoms with E-state index in [2.05, 4.69) is 19.2 Å². The van der Waals surface area contributed by atoms with Crippen LogP contribution in [0, 0.1) is 11.8 Å². The highest BCUT2D eigenvalue weighted by Crippen LogP contribution is 2.30. The van der Waals surface area contributed by atoms with Crippen LogP contribution in [-0.4, -0.2) is 36.4 Å². The first kappa shape index (κ1) is 14.5. The van der Waals surface area contributed by atoms with E-state index in [1.54, 1.807) is 0 Å². The number of ether oxygens (including phenoxy) is 1. The molecule has 0 saturated heterocycles. The number of likely N-dealkylation sites (N-methyl/N-ethyl adjacent to an activating group) is 1. The third-order valence-electron chi connectivity index (χ3n) is 3.80. The topological polar surface area (TPSA) is 58.6 Å². The second-order valence-electron chi connectivity index (χ2n) is 5.17. The summed E-state index contributed by atoms with van der Waals surface area (Å²) in [5.41, 5.74) is 0. The van der Waals surface area contributed by atoms with Crippen LogP contribution >= 0.6 is 0 Å². The molecule has 0 aromatic carbocycles. The highest BCUT2D eigenvalue weighted by atomic mass is 16.5. The zero-order chi connectivity index (χ0) is 12.8. The molecule has 4 atom stereocenters. The molecule has 0 amide bonds. The third-order valence-corrected chi connectivity index (χ3v) is 3.80. The molecule has 2 N–H and O–H groups in total. The van der Waals surface area contributed by atoms with Crippen molar-refractivity contribution in [2.45, 2.75) is 52.2 Å². The molecule has 0 aromatic heterocycles. The fourth-order valence-electron chi connectivity index (χ4n) is 2.35. The van der Waals surface area contributed by atoms with E-state index in [-0.39, 0.29) is 12.7 Å². The molecule has 0 heterocycles. The number of rotatable bonds is 6. The lowest BCUT2D eigenvalue weighted by Gasteiger charge is -2.32.